The van der Waals surface area contributed by atoms with Gasteiger partial charge in [0.2, 0.25) is 0 Å². The van der Waals surface area contributed by atoms with Gasteiger partial charge in [-0.2, -0.15) is 4.98 Å². The number of hydrogen-bond donors (Lipinski definition) is 3. The van der Waals surface area contributed by atoms with E-state index in [1.54, 1.807) is 25.1 Å². The van der Waals surface area contributed by atoms with Crippen LogP contribution in [-0.2, 0) is 0 Å². The summed E-state index contributed by atoms with van der Waals surface area (Å²) in [5.74, 6) is 0. The third kappa shape index (κ3) is 2.02. The third-order valence-corrected chi connectivity index (χ3v) is 2.00. The van der Waals surface area contributed by atoms with Crippen LogP contribution in [0, 0.1) is 0 Å². The highest BCUT2D eigenvalue weighted by Crippen LogP contribution is 2.23. The summed E-state index contributed by atoms with van der Waals surface area (Å²) in [6.45, 7) is 2.08. The van der Waals surface area contributed by atoms with Gasteiger partial charge < -0.3 is 20.6 Å². The van der Waals surface area contributed by atoms with Crippen LogP contribution in [0.15, 0.2) is 22.6 Å². The van der Waals surface area contributed by atoms with Crippen molar-refractivity contribution in [1.29, 1.82) is 0 Å². The molecule has 2 aromatic rings. The summed E-state index contributed by atoms with van der Waals surface area (Å²) < 4.78 is 5.39. The molecule has 1 aromatic heterocycles. The molecular formula is C10H13N3O2. The molecule has 0 amide bonds. The Balaban J connectivity index is 2.27. The number of benzene rings is 1. The number of nitrogens with two attached hydrogens (primary N) is 1. The van der Waals surface area contributed by atoms with Gasteiger partial charge in [-0.05, 0) is 19.1 Å². The molecule has 1 unspecified atom stereocenters. The number of fused-ring (bicyclic) bond motifs is 1. The molecule has 0 radical (unpaired) electrons. The molecule has 80 valence electrons. The summed E-state index contributed by atoms with van der Waals surface area (Å²) >= 11 is 0. The van der Waals surface area contributed by atoms with Crippen LogP contribution in [0.2, 0.25) is 0 Å². The van der Waals surface area contributed by atoms with E-state index >= 15 is 0 Å². The molecule has 0 saturated carbocycles. The SMILES string of the molecule is CC(O)CNc1nc2c(N)cccc2o1. The van der Waals surface area contributed by atoms with E-state index < -0.39 is 6.10 Å². The number of aromatic nitrogens is 1. The summed E-state index contributed by atoms with van der Waals surface area (Å²) in [4.78, 5) is 4.17. The van der Waals surface area contributed by atoms with Crippen molar-refractivity contribution in [1.82, 2.24) is 4.98 Å². The smallest absolute Gasteiger partial charge is 0.295 e. The second-order valence-electron chi connectivity index (χ2n) is 3.44. The summed E-state index contributed by atoms with van der Waals surface area (Å²) in [6.07, 6.45) is -0.447. The number of oxazole rings is 1. The minimum atomic E-state index is -0.447. The maximum absolute atomic E-state index is 9.09. The van der Waals surface area contributed by atoms with Gasteiger partial charge in [-0.1, -0.05) is 6.07 Å². The summed E-state index contributed by atoms with van der Waals surface area (Å²) in [5, 5.41) is 12.0. The number of hydrogen-bond acceptors (Lipinski definition) is 5. The fourth-order valence-electron chi connectivity index (χ4n) is 1.28. The lowest BCUT2D eigenvalue weighted by Crippen LogP contribution is -2.15. The quantitative estimate of drug-likeness (QED) is 0.658. The average Bonchev–Trinajstić information content (AvgIpc) is 2.59. The lowest BCUT2D eigenvalue weighted by Gasteiger charge is -2.02. The molecule has 1 aromatic carbocycles. The third-order valence-electron chi connectivity index (χ3n) is 2.00. The van der Waals surface area contributed by atoms with Crippen LogP contribution in [0.3, 0.4) is 0 Å². The molecule has 1 heterocycles. The Morgan fingerprint density at radius 2 is 2.40 bits per heavy atom. The number of nitrogens with zero attached hydrogens (tertiary/aromatic N) is 1. The zero-order valence-electron chi connectivity index (χ0n) is 8.40. The van der Waals surface area contributed by atoms with Gasteiger partial charge in [0, 0.05) is 6.54 Å². The zero-order valence-corrected chi connectivity index (χ0v) is 8.40. The second-order valence-corrected chi connectivity index (χ2v) is 3.44. The van der Waals surface area contributed by atoms with Crippen LogP contribution in [0.5, 0.6) is 0 Å². The van der Waals surface area contributed by atoms with Gasteiger partial charge in [0.15, 0.2) is 5.58 Å². The summed E-state index contributed by atoms with van der Waals surface area (Å²) in [5.41, 5.74) is 7.60. The van der Waals surface area contributed by atoms with Crippen LogP contribution >= 0.6 is 0 Å². The largest absolute Gasteiger partial charge is 0.423 e. The number of rotatable bonds is 3. The van der Waals surface area contributed by atoms with Gasteiger partial charge in [-0.15, -0.1) is 0 Å². The van der Waals surface area contributed by atoms with Crippen molar-refractivity contribution < 1.29 is 9.52 Å². The Morgan fingerprint density at radius 3 is 3.07 bits per heavy atom. The van der Waals surface area contributed by atoms with Crippen LogP contribution in [0.4, 0.5) is 11.7 Å². The topological polar surface area (TPSA) is 84.3 Å². The fraction of sp³-hybridized carbons (Fsp3) is 0.300. The molecule has 0 aliphatic heterocycles. The first-order chi connectivity index (χ1) is 7.16. The Bertz CT molecular complexity index is 465. The Kier molecular flexibility index (Phi) is 2.47. The van der Waals surface area contributed by atoms with E-state index in [2.05, 4.69) is 10.3 Å². The maximum atomic E-state index is 9.09. The van der Waals surface area contributed by atoms with Crippen LogP contribution in [0.1, 0.15) is 6.92 Å². The van der Waals surface area contributed by atoms with Crippen molar-refractivity contribution in [3.63, 3.8) is 0 Å². The molecule has 15 heavy (non-hydrogen) atoms. The minimum Gasteiger partial charge on any atom is -0.423 e. The van der Waals surface area contributed by atoms with E-state index in [1.165, 1.54) is 0 Å². The van der Waals surface area contributed by atoms with Crippen LogP contribution < -0.4 is 11.1 Å². The van der Waals surface area contributed by atoms with E-state index in [1.807, 2.05) is 0 Å². The highest BCUT2D eigenvalue weighted by Gasteiger charge is 2.07. The lowest BCUT2D eigenvalue weighted by atomic mass is 10.3. The molecule has 0 bridgehead atoms. The van der Waals surface area contributed by atoms with E-state index in [0.717, 1.165) is 0 Å². The number of anilines is 2. The fourth-order valence-corrected chi connectivity index (χ4v) is 1.28. The van der Waals surface area contributed by atoms with Crippen LogP contribution in [0.25, 0.3) is 11.1 Å². The number of aliphatic hydroxyl groups excluding tert-OH is 1. The van der Waals surface area contributed by atoms with E-state index in [4.69, 9.17) is 15.3 Å². The first-order valence-electron chi connectivity index (χ1n) is 4.74. The highest BCUT2D eigenvalue weighted by molar-refractivity contribution is 5.86. The van der Waals surface area contributed by atoms with Gasteiger partial charge in [-0.25, -0.2) is 0 Å². The number of nitrogen functional groups attached to an aromatic ring is 1. The van der Waals surface area contributed by atoms with E-state index in [9.17, 15) is 0 Å². The number of aliphatic hydroxyl groups is 1. The van der Waals surface area contributed by atoms with Gasteiger partial charge in [0.05, 0.1) is 11.8 Å². The Morgan fingerprint density at radius 1 is 1.60 bits per heavy atom. The molecule has 0 aliphatic carbocycles. The number of nitrogens with one attached hydrogen (secondary N) is 1. The van der Waals surface area contributed by atoms with E-state index in [-0.39, 0.29) is 0 Å². The summed E-state index contributed by atoms with van der Waals surface area (Å²) in [6, 6.07) is 5.75. The Hall–Kier alpha value is -1.75. The predicted octanol–water partition coefficient (Wildman–Crippen LogP) is 1.20. The first-order valence-corrected chi connectivity index (χ1v) is 4.74. The van der Waals surface area contributed by atoms with Crippen molar-refractivity contribution in [3.8, 4) is 0 Å². The zero-order chi connectivity index (χ0) is 10.8. The first kappa shape index (κ1) is 9.79. The van der Waals surface area contributed by atoms with Crippen molar-refractivity contribution in [3.05, 3.63) is 18.2 Å². The van der Waals surface area contributed by atoms with Crippen molar-refractivity contribution in [2.45, 2.75) is 13.0 Å². The van der Waals surface area contributed by atoms with Gasteiger partial charge >= 0.3 is 0 Å². The summed E-state index contributed by atoms with van der Waals surface area (Å²) in [7, 11) is 0. The molecule has 5 nitrogen and oxygen atoms in total. The molecule has 0 saturated heterocycles. The average molecular weight is 207 g/mol. The standard InChI is InChI=1S/C10H13N3O2/c1-6(14)5-12-10-13-9-7(11)3-2-4-8(9)15-10/h2-4,6,14H,5,11H2,1H3,(H,12,13). The number of para-hydroxylation sites is 1. The molecule has 2 rings (SSSR count). The highest BCUT2D eigenvalue weighted by atomic mass is 16.4. The van der Waals surface area contributed by atoms with Crippen molar-refractivity contribution in [2.24, 2.45) is 0 Å². The molecule has 5 heteroatoms. The molecule has 0 spiro atoms. The monoisotopic (exact) mass is 207 g/mol. The molecular weight excluding hydrogens is 194 g/mol. The van der Waals surface area contributed by atoms with E-state index in [0.29, 0.717) is 29.3 Å². The van der Waals surface area contributed by atoms with Gasteiger partial charge in [0.25, 0.3) is 6.01 Å². The van der Waals surface area contributed by atoms with Crippen molar-refractivity contribution in [2.75, 3.05) is 17.6 Å². The lowest BCUT2D eigenvalue weighted by molar-refractivity contribution is 0.207. The minimum absolute atomic E-state index is 0.379. The van der Waals surface area contributed by atoms with Crippen LogP contribution in [-0.4, -0.2) is 22.7 Å². The Labute approximate surface area is 86.9 Å². The molecule has 4 N–H and O–H groups in total. The van der Waals surface area contributed by atoms with Gasteiger partial charge in [-0.3, -0.25) is 0 Å². The molecule has 0 fully saturated rings. The molecule has 0 aliphatic rings. The second kappa shape index (κ2) is 3.78. The van der Waals surface area contributed by atoms with Crippen molar-refractivity contribution >= 4 is 22.8 Å². The maximum Gasteiger partial charge on any atom is 0.295 e. The van der Waals surface area contributed by atoms with Gasteiger partial charge in [0.1, 0.15) is 5.52 Å². The normalized spacial score (nSPS) is 12.9. The predicted molar refractivity (Wildman–Crippen MR) is 58.6 cm³/mol. The molecule has 1 atom stereocenters.